The van der Waals surface area contributed by atoms with Crippen LogP contribution in [0.3, 0.4) is 0 Å². The summed E-state index contributed by atoms with van der Waals surface area (Å²) in [6.45, 7) is 6.24. The van der Waals surface area contributed by atoms with Crippen LogP contribution in [0.5, 0.6) is 5.75 Å². The minimum atomic E-state index is -0.909. The number of aromatic carboxylic acids is 1. The van der Waals surface area contributed by atoms with Gasteiger partial charge in [-0.2, -0.15) is 0 Å². The lowest BCUT2D eigenvalue weighted by molar-refractivity contribution is 0.0697. The third-order valence-corrected chi connectivity index (χ3v) is 4.78. The molecule has 3 aromatic carbocycles. The van der Waals surface area contributed by atoms with Gasteiger partial charge < -0.3 is 9.84 Å². The predicted octanol–water partition coefficient (Wildman–Crippen LogP) is 5.72. The van der Waals surface area contributed by atoms with Crippen molar-refractivity contribution in [3.63, 3.8) is 0 Å². The van der Waals surface area contributed by atoms with Crippen molar-refractivity contribution in [3.05, 3.63) is 76.3 Å². The quantitative estimate of drug-likeness (QED) is 0.614. The van der Waals surface area contributed by atoms with Crippen LogP contribution in [-0.4, -0.2) is 18.2 Å². The fourth-order valence-electron chi connectivity index (χ4n) is 3.23. The van der Waals surface area contributed by atoms with E-state index in [-0.39, 0.29) is 0 Å². The van der Waals surface area contributed by atoms with Gasteiger partial charge in [0.25, 0.3) is 0 Å². The molecule has 1 N–H and O–H groups in total. The highest BCUT2D eigenvalue weighted by Crippen LogP contribution is 2.32. The van der Waals surface area contributed by atoms with Crippen LogP contribution in [0.15, 0.2) is 48.5 Å². The van der Waals surface area contributed by atoms with Crippen molar-refractivity contribution in [2.75, 3.05) is 7.11 Å². The van der Waals surface area contributed by atoms with Gasteiger partial charge in [0.1, 0.15) is 5.75 Å². The summed E-state index contributed by atoms with van der Waals surface area (Å²) in [5, 5.41) is 11.4. The monoisotopic (exact) mass is 346 g/mol. The molecule has 0 amide bonds. The number of carbonyl (C=O) groups is 1. The van der Waals surface area contributed by atoms with E-state index in [2.05, 4.69) is 51.1 Å². The van der Waals surface area contributed by atoms with E-state index in [0.717, 1.165) is 28.0 Å². The average molecular weight is 346 g/mol. The zero-order valence-corrected chi connectivity index (χ0v) is 15.5. The first-order valence-electron chi connectivity index (χ1n) is 8.50. The molecule has 132 valence electrons. The van der Waals surface area contributed by atoms with Crippen molar-refractivity contribution in [2.24, 2.45) is 0 Å². The van der Waals surface area contributed by atoms with Gasteiger partial charge in [-0.25, -0.2) is 4.79 Å². The molecule has 0 aliphatic heterocycles. The predicted molar refractivity (Wildman–Crippen MR) is 107 cm³/mol. The third-order valence-electron chi connectivity index (χ3n) is 4.78. The molecule has 0 aliphatic rings. The summed E-state index contributed by atoms with van der Waals surface area (Å²) < 4.78 is 5.46. The van der Waals surface area contributed by atoms with Gasteiger partial charge in [0.2, 0.25) is 0 Å². The molecule has 3 nitrogen and oxygen atoms in total. The van der Waals surface area contributed by atoms with Crippen molar-refractivity contribution >= 4 is 28.4 Å². The van der Waals surface area contributed by atoms with Crippen molar-refractivity contribution in [1.82, 2.24) is 0 Å². The highest BCUT2D eigenvalue weighted by atomic mass is 16.5. The smallest absolute Gasteiger partial charge is 0.335 e. The largest absolute Gasteiger partial charge is 0.496 e. The molecule has 3 heteroatoms. The summed E-state index contributed by atoms with van der Waals surface area (Å²) in [4.78, 5) is 11.0. The first kappa shape index (κ1) is 17.7. The zero-order valence-electron chi connectivity index (χ0n) is 15.5. The molecule has 26 heavy (non-hydrogen) atoms. The summed E-state index contributed by atoms with van der Waals surface area (Å²) in [5.74, 6) is 0.00147. The molecular formula is C23H22O3. The maximum atomic E-state index is 11.0. The first-order valence-corrected chi connectivity index (χ1v) is 8.50. The molecule has 0 atom stereocenters. The molecule has 0 spiro atoms. The lowest BCUT2D eigenvalue weighted by Gasteiger charge is -2.13. The summed E-state index contributed by atoms with van der Waals surface area (Å²) in [5.41, 5.74) is 5.88. The van der Waals surface area contributed by atoms with Crippen molar-refractivity contribution in [1.29, 1.82) is 0 Å². The van der Waals surface area contributed by atoms with Crippen LogP contribution in [0.4, 0.5) is 0 Å². The van der Waals surface area contributed by atoms with Crippen LogP contribution in [0.2, 0.25) is 0 Å². The Morgan fingerprint density at radius 1 is 0.962 bits per heavy atom. The van der Waals surface area contributed by atoms with E-state index >= 15 is 0 Å². The molecular weight excluding hydrogens is 324 g/mol. The molecule has 0 bridgehead atoms. The molecule has 0 aliphatic carbocycles. The second kappa shape index (κ2) is 7.04. The number of methoxy groups -OCH3 is 1. The van der Waals surface area contributed by atoms with Crippen molar-refractivity contribution in [3.8, 4) is 5.75 Å². The highest BCUT2D eigenvalue weighted by Gasteiger charge is 2.09. The van der Waals surface area contributed by atoms with E-state index in [1.807, 2.05) is 12.1 Å². The lowest BCUT2D eigenvalue weighted by Crippen LogP contribution is -1.95. The molecule has 0 radical (unpaired) electrons. The van der Waals surface area contributed by atoms with Gasteiger partial charge in [0.05, 0.1) is 12.7 Å². The number of hydrogen-bond donors (Lipinski definition) is 1. The van der Waals surface area contributed by atoms with Crippen LogP contribution in [0.1, 0.15) is 39.5 Å². The molecule has 0 fully saturated rings. The zero-order chi connectivity index (χ0) is 18.8. The minimum absolute atomic E-state index is 0.297. The average Bonchev–Trinajstić information content (AvgIpc) is 2.64. The highest BCUT2D eigenvalue weighted by molar-refractivity contribution is 5.94. The van der Waals surface area contributed by atoms with E-state index in [9.17, 15) is 4.79 Å². The first-order chi connectivity index (χ1) is 12.4. The molecule has 3 aromatic rings. The Balaban J connectivity index is 2.01. The standard InChI is InChI=1S/C23H22O3/c1-14(11-17-5-7-18(8-6-17)23(24)25)19-9-10-20-16(3)22(26-4)12-15(2)21(20)13-19/h5-13H,1-4H3,(H,24,25)/b14-11+. The Morgan fingerprint density at radius 2 is 1.62 bits per heavy atom. The molecule has 0 saturated carbocycles. The van der Waals surface area contributed by atoms with Crippen LogP contribution in [-0.2, 0) is 0 Å². The summed E-state index contributed by atoms with van der Waals surface area (Å²) >= 11 is 0. The number of hydrogen-bond acceptors (Lipinski definition) is 2. The normalized spacial score (nSPS) is 11.6. The molecule has 0 heterocycles. The van der Waals surface area contributed by atoms with E-state index < -0.39 is 5.97 Å². The van der Waals surface area contributed by atoms with Crippen LogP contribution >= 0.6 is 0 Å². The molecule has 0 saturated heterocycles. The van der Waals surface area contributed by atoms with E-state index in [4.69, 9.17) is 9.84 Å². The van der Waals surface area contributed by atoms with Crippen molar-refractivity contribution in [2.45, 2.75) is 20.8 Å². The Morgan fingerprint density at radius 3 is 2.23 bits per heavy atom. The molecule has 0 aromatic heterocycles. The maximum Gasteiger partial charge on any atom is 0.335 e. The van der Waals surface area contributed by atoms with E-state index in [1.165, 1.54) is 16.3 Å². The SMILES string of the molecule is COc1cc(C)c2cc(/C(C)=C/c3ccc(C(=O)O)cc3)ccc2c1C. The molecule has 0 unspecified atom stereocenters. The van der Waals surface area contributed by atoms with E-state index in [1.54, 1.807) is 19.2 Å². The lowest BCUT2D eigenvalue weighted by atomic mass is 9.95. The van der Waals surface area contributed by atoms with Crippen molar-refractivity contribution < 1.29 is 14.6 Å². The van der Waals surface area contributed by atoms with Gasteiger partial charge in [0, 0.05) is 0 Å². The number of carboxylic acids is 1. The van der Waals surface area contributed by atoms with Gasteiger partial charge in [0.15, 0.2) is 0 Å². The number of allylic oxidation sites excluding steroid dienone is 1. The number of rotatable bonds is 4. The number of fused-ring (bicyclic) bond motifs is 1. The van der Waals surface area contributed by atoms with Gasteiger partial charge in [-0.15, -0.1) is 0 Å². The van der Waals surface area contributed by atoms with E-state index in [0.29, 0.717) is 5.56 Å². The van der Waals surface area contributed by atoms with Crippen LogP contribution < -0.4 is 4.74 Å². The Kier molecular flexibility index (Phi) is 4.81. The second-order valence-electron chi connectivity index (χ2n) is 6.54. The Labute approximate surface area is 153 Å². The minimum Gasteiger partial charge on any atom is -0.496 e. The van der Waals surface area contributed by atoms with Crippen LogP contribution in [0.25, 0.3) is 22.4 Å². The maximum absolute atomic E-state index is 11.0. The van der Waals surface area contributed by atoms with Gasteiger partial charge in [-0.05, 0) is 83.6 Å². The molecule has 3 rings (SSSR count). The summed E-state index contributed by atoms with van der Waals surface area (Å²) in [7, 11) is 1.70. The van der Waals surface area contributed by atoms with Gasteiger partial charge in [-0.1, -0.05) is 30.3 Å². The second-order valence-corrected chi connectivity index (χ2v) is 6.54. The Bertz CT molecular complexity index is 1010. The topological polar surface area (TPSA) is 46.5 Å². The summed E-state index contributed by atoms with van der Waals surface area (Å²) in [6.07, 6.45) is 2.07. The van der Waals surface area contributed by atoms with Gasteiger partial charge in [-0.3, -0.25) is 0 Å². The fourth-order valence-corrected chi connectivity index (χ4v) is 3.23. The fraction of sp³-hybridized carbons (Fsp3) is 0.174. The summed E-state index contributed by atoms with van der Waals surface area (Å²) in [6, 6.07) is 15.4. The number of carboxylic acid groups (broad SMARTS) is 1. The van der Waals surface area contributed by atoms with Gasteiger partial charge >= 0.3 is 5.97 Å². The van der Waals surface area contributed by atoms with Crippen LogP contribution in [0, 0.1) is 13.8 Å². The number of ether oxygens (including phenoxy) is 1. The number of aryl methyl sites for hydroxylation is 2. The third kappa shape index (κ3) is 3.33. The number of benzene rings is 3. The Hall–Kier alpha value is -3.07.